The third-order valence-electron chi connectivity index (χ3n) is 2.38. The molecule has 0 saturated carbocycles. The topological polar surface area (TPSA) is 71.3 Å². The molecule has 80 valence electrons. The van der Waals surface area contributed by atoms with E-state index in [-0.39, 0.29) is 6.79 Å². The maximum Gasteiger partial charge on any atom is 0.186 e. The lowest BCUT2D eigenvalue weighted by Gasteiger charge is -2.02. The molecule has 1 heterocycles. The molecule has 0 saturated heterocycles. The van der Waals surface area contributed by atoms with Crippen LogP contribution in [0.4, 0.5) is 0 Å². The maximum atomic E-state index is 8.67. The van der Waals surface area contributed by atoms with Crippen molar-refractivity contribution in [2.45, 2.75) is 6.42 Å². The summed E-state index contributed by atoms with van der Waals surface area (Å²) in [5, 5.41) is 9.77. The van der Waals surface area contributed by atoms with Crippen LogP contribution in [-0.2, 0) is 6.42 Å². The van der Waals surface area contributed by atoms with Gasteiger partial charge in [-0.15, -0.1) is 0 Å². The second-order valence-electron chi connectivity index (χ2n) is 3.33. The van der Waals surface area contributed by atoms with Crippen LogP contribution in [0.1, 0.15) is 5.56 Å². The molecule has 2 rings (SSSR count). The van der Waals surface area contributed by atoms with E-state index in [1.165, 1.54) is 5.56 Å². The number of aliphatic hydroxyl groups excluding tert-OH is 1. The van der Waals surface area contributed by atoms with Gasteiger partial charge >= 0.3 is 0 Å². The van der Waals surface area contributed by atoms with Gasteiger partial charge in [0, 0.05) is 17.1 Å². The zero-order valence-corrected chi connectivity index (χ0v) is 8.36. The first-order valence-corrected chi connectivity index (χ1v) is 4.89. The minimum Gasteiger partial charge on any atom is -0.468 e. The Labute approximate surface area is 87.7 Å². The van der Waals surface area contributed by atoms with Crippen molar-refractivity contribution in [3.63, 3.8) is 0 Å². The predicted octanol–water partition coefficient (Wildman–Crippen LogP) is 0.998. The highest BCUT2D eigenvalue weighted by molar-refractivity contribution is 5.84. The van der Waals surface area contributed by atoms with Crippen LogP contribution in [0.5, 0.6) is 5.75 Å². The lowest BCUT2D eigenvalue weighted by Crippen LogP contribution is -2.01. The Morgan fingerprint density at radius 2 is 2.27 bits per heavy atom. The fraction of sp³-hybridized carbons (Fsp3) is 0.273. The van der Waals surface area contributed by atoms with Crippen molar-refractivity contribution in [3.05, 3.63) is 30.0 Å². The van der Waals surface area contributed by atoms with Gasteiger partial charge in [0.05, 0.1) is 0 Å². The SMILES string of the molecule is NCCc1c[nH]c2ccc(OCO)cc12. The Balaban J connectivity index is 2.42. The summed E-state index contributed by atoms with van der Waals surface area (Å²) in [7, 11) is 0. The molecule has 0 unspecified atom stereocenters. The van der Waals surface area contributed by atoms with Gasteiger partial charge in [-0.25, -0.2) is 0 Å². The summed E-state index contributed by atoms with van der Waals surface area (Å²) in [5.74, 6) is 0.669. The van der Waals surface area contributed by atoms with Gasteiger partial charge in [-0.05, 0) is 36.7 Å². The number of aromatic nitrogens is 1. The molecular formula is C11H14N2O2. The van der Waals surface area contributed by atoms with Crippen molar-refractivity contribution in [1.29, 1.82) is 0 Å². The van der Waals surface area contributed by atoms with Gasteiger partial charge in [0.15, 0.2) is 6.79 Å². The van der Waals surface area contributed by atoms with Crippen LogP contribution < -0.4 is 10.5 Å². The van der Waals surface area contributed by atoms with Crippen LogP contribution in [0.2, 0.25) is 0 Å². The summed E-state index contributed by atoms with van der Waals surface area (Å²) in [6.45, 7) is 0.320. The van der Waals surface area contributed by atoms with E-state index in [9.17, 15) is 0 Å². The van der Waals surface area contributed by atoms with Gasteiger partial charge in [-0.3, -0.25) is 0 Å². The number of hydrogen-bond acceptors (Lipinski definition) is 3. The molecule has 0 bridgehead atoms. The number of aromatic amines is 1. The minimum atomic E-state index is -0.303. The zero-order valence-electron chi connectivity index (χ0n) is 8.36. The highest BCUT2D eigenvalue weighted by Crippen LogP contribution is 2.23. The average Bonchev–Trinajstić information content (AvgIpc) is 2.63. The monoisotopic (exact) mass is 206 g/mol. The number of nitrogens with one attached hydrogen (secondary N) is 1. The van der Waals surface area contributed by atoms with Crippen molar-refractivity contribution in [1.82, 2.24) is 4.98 Å². The van der Waals surface area contributed by atoms with E-state index >= 15 is 0 Å². The van der Waals surface area contributed by atoms with Gasteiger partial charge in [-0.2, -0.15) is 0 Å². The second-order valence-corrected chi connectivity index (χ2v) is 3.33. The Bertz CT molecular complexity index is 451. The number of H-pyrrole nitrogens is 1. The van der Waals surface area contributed by atoms with Crippen LogP contribution in [0.15, 0.2) is 24.4 Å². The van der Waals surface area contributed by atoms with Crippen molar-refractivity contribution in [3.8, 4) is 5.75 Å². The summed E-state index contributed by atoms with van der Waals surface area (Å²) in [4.78, 5) is 3.17. The molecule has 0 fully saturated rings. The molecule has 1 aromatic carbocycles. The quantitative estimate of drug-likeness (QED) is 0.653. The highest BCUT2D eigenvalue weighted by Gasteiger charge is 2.04. The number of benzene rings is 1. The number of fused-ring (bicyclic) bond motifs is 1. The van der Waals surface area contributed by atoms with Crippen molar-refractivity contribution in [2.75, 3.05) is 13.3 Å². The van der Waals surface area contributed by atoms with E-state index in [4.69, 9.17) is 15.6 Å². The Morgan fingerprint density at radius 3 is 3.00 bits per heavy atom. The third-order valence-corrected chi connectivity index (χ3v) is 2.38. The molecule has 0 aliphatic heterocycles. The Hall–Kier alpha value is -1.52. The first-order valence-electron chi connectivity index (χ1n) is 4.89. The fourth-order valence-electron chi connectivity index (χ4n) is 1.68. The van der Waals surface area contributed by atoms with Gasteiger partial charge in [0.2, 0.25) is 0 Å². The Morgan fingerprint density at radius 1 is 1.40 bits per heavy atom. The largest absolute Gasteiger partial charge is 0.468 e. The van der Waals surface area contributed by atoms with E-state index in [1.807, 2.05) is 24.4 Å². The highest BCUT2D eigenvalue weighted by atomic mass is 16.6. The minimum absolute atomic E-state index is 0.303. The van der Waals surface area contributed by atoms with E-state index in [1.54, 1.807) is 0 Å². The first kappa shape index (κ1) is 10.0. The van der Waals surface area contributed by atoms with Crippen molar-refractivity contribution < 1.29 is 9.84 Å². The number of ether oxygens (including phenoxy) is 1. The van der Waals surface area contributed by atoms with Crippen molar-refractivity contribution in [2.24, 2.45) is 5.73 Å². The molecule has 2 aromatic rings. The van der Waals surface area contributed by atoms with E-state index < -0.39 is 0 Å². The summed E-state index contributed by atoms with van der Waals surface area (Å²) in [6.07, 6.45) is 2.79. The summed E-state index contributed by atoms with van der Waals surface area (Å²) >= 11 is 0. The Kier molecular flexibility index (Phi) is 2.89. The van der Waals surface area contributed by atoms with Crippen LogP contribution in [-0.4, -0.2) is 23.4 Å². The smallest absolute Gasteiger partial charge is 0.186 e. The molecule has 4 N–H and O–H groups in total. The third kappa shape index (κ3) is 1.95. The van der Waals surface area contributed by atoms with E-state index in [0.717, 1.165) is 17.3 Å². The van der Waals surface area contributed by atoms with Gasteiger partial charge in [0.25, 0.3) is 0 Å². The molecule has 0 radical (unpaired) electrons. The molecule has 0 amide bonds. The van der Waals surface area contributed by atoms with Gasteiger partial charge < -0.3 is 20.6 Å². The summed E-state index contributed by atoms with van der Waals surface area (Å²) in [6, 6.07) is 5.66. The fourth-order valence-corrected chi connectivity index (χ4v) is 1.68. The van der Waals surface area contributed by atoms with Crippen LogP contribution in [0, 0.1) is 0 Å². The molecule has 1 aromatic heterocycles. The van der Waals surface area contributed by atoms with Crippen LogP contribution in [0.3, 0.4) is 0 Å². The summed E-state index contributed by atoms with van der Waals surface area (Å²) < 4.78 is 5.03. The van der Waals surface area contributed by atoms with Crippen LogP contribution in [0.25, 0.3) is 10.9 Å². The molecule has 15 heavy (non-hydrogen) atoms. The lowest BCUT2D eigenvalue weighted by molar-refractivity contribution is 0.0987. The lowest BCUT2D eigenvalue weighted by atomic mass is 10.1. The standard InChI is InChI=1S/C11H14N2O2/c12-4-3-8-6-13-11-2-1-9(15-7-14)5-10(8)11/h1-2,5-6,13-14H,3-4,7,12H2. The second kappa shape index (κ2) is 4.33. The molecular weight excluding hydrogens is 192 g/mol. The molecule has 0 aliphatic carbocycles. The average molecular weight is 206 g/mol. The number of hydrogen-bond donors (Lipinski definition) is 3. The zero-order chi connectivity index (χ0) is 10.7. The van der Waals surface area contributed by atoms with Crippen LogP contribution >= 0.6 is 0 Å². The van der Waals surface area contributed by atoms with Gasteiger partial charge in [-0.1, -0.05) is 0 Å². The van der Waals surface area contributed by atoms with Crippen molar-refractivity contribution >= 4 is 10.9 Å². The molecule has 0 spiro atoms. The molecule has 0 atom stereocenters. The molecule has 4 nitrogen and oxygen atoms in total. The van der Waals surface area contributed by atoms with E-state index in [0.29, 0.717) is 12.3 Å². The number of aliphatic hydroxyl groups is 1. The van der Waals surface area contributed by atoms with E-state index in [2.05, 4.69) is 4.98 Å². The first-order chi connectivity index (χ1) is 7.35. The van der Waals surface area contributed by atoms with Gasteiger partial charge in [0.1, 0.15) is 5.75 Å². The number of rotatable bonds is 4. The normalized spacial score (nSPS) is 10.8. The molecule has 4 heteroatoms. The summed E-state index contributed by atoms with van der Waals surface area (Å²) in [5.41, 5.74) is 7.76. The number of nitrogens with two attached hydrogens (primary N) is 1. The predicted molar refractivity (Wildman–Crippen MR) is 58.8 cm³/mol. The maximum absolute atomic E-state index is 8.67. The molecule has 0 aliphatic rings.